The van der Waals surface area contributed by atoms with Crippen LogP contribution in [-0.2, 0) is 9.59 Å². The van der Waals surface area contributed by atoms with Crippen LogP contribution in [0.2, 0.25) is 0 Å². The van der Waals surface area contributed by atoms with Crippen molar-refractivity contribution >= 4 is 11.8 Å². The van der Waals surface area contributed by atoms with Gasteiger partial charge in [-0.25, -0.2) is 0 Å². The number of rotatable bonds is 4. The number of fused-ring (bicyclic) bond motifs is 1. The van der Waals surface area contributed by atoms with E-state index in [1.165, 1.54) is 0 Å². The lowest BCUT2D eigenvalue weighted by Crippen LogP contribution is -2.51. The van der Waals surface area contributed by atoms with Gasteiger partial charge in [0.15, 0.2) is 0 Å². The van der Waals surface area contributed by atoms with E-state index in [2.05, 4.69) is 36.0 Å². The standard InChI is InChI=1S/C18H32N4O2/c1-13(2)22-11-8-15-17(22)18(24)19-12-14(20(15)3)6-7-16(23)21-9-4-5-10-21/h13-15,17H,4-12H2,1-3H3,(H,19,24)/t14-,15+,17-/m0/s1. The van der Waals surface area contributed by atoms with E-state index >= 15 is 0 Å². The summed E-state index contributed by atoms with van der Waals surface area (Å²) in [7, 11) is 2.13. The van der Waals surface area contributed by atoms with E-state index in [9.17, 15) is 9.59 Å². The normalized spacial score (nSPS) is 32.1. The van der Waals surface area contributed by atoms with Crippen LogP contribution in [0.25, 0.3) is 0 Å². The van der Waals surface area contributed by atoms with Crippen molar-refractivity contribution < 1.29 is 9.59 Å². The molecule has 2 amide bonds. The Kier molecular flexibility index (Phi) is 5.45. The maximum absolute atomic E-state index is 12.6. The first-order chi connectivity index (χ1) is 11.5. The molecule has 3 rings (SSSR count). The first kappa shape index (κ1) is 17.7. The Balaban J connectivity index is 1.61. The first-order valence-corrected chi connectivity index (χ1v) is 9.52. The van der Waals surface area contributed by atoms with Crippen LogP contribution in [0, 0.1) is 0 Å². The van der Waals surface area contributed by atoms with E-state index in [1.54, 1.807) is 0 Å². The minimum atomic E-state index is -0.0470. The Morgan fingerprint density at radius 3 is 2.62 bits per heavy atom. The summed E-state index contributed by atoms with van der Waals surface area (Å²) >= 11 is 0. The maximum Gasteiger partial charge on any atom is 0.239 e. The first-order valence-electron chi connectivity index (χ1n) is 9.52. The fourth-order valence-electron chi connectivity index (χ4n) is 4.59. The lowest BCUT2D eigenvalue weighted by Gasteiger charge is -2.34. The molecule has 6 nitrogen and oxygen atoms in total. The highest BCUT2D eigenvalue weighted by Gasteiger charge is 2.45. The van der Waals surface area contributed by atoms with Gasteiger partial charge in [0.1, 0.15) is 6.04 Å². The smallest absolute Gasteiger partial charge is 0.239 e. The van der Waals surface area contributed by atoms with Gasteiger partial charge in [-0.05, 0) is 46.6 Å². The lowest BCUT2D eigenvalue weighted by molar-refractivity contribution is -0.130. The predicted octanol–water partition coefficient (Wildman–Crippen LogP) is 0.671. The third kappa shape index (κ3) is 3.45. The third-order valence-electron chi connectivity index (χ3n) is 6.10. The average molecular weight is 336 g/mol. The summed E-state index contributed by atoms with van der Waals surface area (Å²) in [5.41, 5.74) is 0. The zero-order valence-corrected chi connectivity index (χ0v) is 15.3. The van der Waals surface area contributed by atoms with Crippen LogP contribution < -0.4 is 5.32 Å². The highest BCUT2D eigenvalue weighted by molar-refractivity contribution is 5.83. The van der Waals surface area contributed by atoms with Gasteiger partial charge >= 0.3 is 0 Å². The Morgan fingerprint density at radius 1 is 1.25 bits per heavy atom. The number of carbonyl (C=O) groups excluding carboxylic acids is 2. The van der Waals surface area contributed by atoms with Crippen molar-refractivity contribution in [1.29, 1.82) is 0 Å². The van der Waals surface area contributed by atoms with Crippen molar-refractivity contribution in [2.24, 2.45) is 0 Å². The van der Waals surface area contributed by atoms with Gasteiger partial charge < -0.3 is 10.2 Å². The minimum absolute atomic E-state index is 0.0470. The SMILES string of the molecule is CC(C)N1CC[C@@H]2[C@H]1C(=O)NC[C@H](CCC(=O)N1CCCC1)N2C. The highest BCUT2D eigenvalue weighted by Crippen LogP contribution is 2.28. The number of likely N-dealkylation sites (N-methyl/N-ethyl adjacent to an activating group) is 1. The van der Waals surface area contributed by atoms with Crippen LogP contribution in [0.3, 0.4) is 0 Å². The fraction of sp³-hybridized carbons (Fsp3) is 0.889. The van der Waals surface area contributed by atoms with E-state index in [1.807, 2.05) is 4.90 Å². The second-order valence-electron chi connectivity index (χ2n) is 7.82. The molecule has 3 atom stereocenters. The monoisotopic (exact) mass is 336 g/mol. The van der Waals surface area contributed by atoms with Crippen LogP contribution >= 0.6 is 0 Å². The summed E-state index contributed by atoms with van der Waals surface area (Å²) in [6.07, 6.45) is 4.73. The molecule has 6 heteroatoms. The molecule has 0 saturated carbocycles. The second kappa shape index (κ2) is 7.40. The zero-order valence-electron chi connectivity index (χ0n) is 15.3. The predicted molar refractivity (Wildman–Crippen MR) is 93.6 cm³/mol. The van der Waals surface area contributed by atoms with Gasteiger partial charge in [0.2, 0.25) is 11.8 Å². The summed E-state index contributed by atoms with van der Waals surface area (Å²) in [5.74, 6) is 0.440. The Bertz CT molecular complexity index is 476. The van der Waals surface area contributed by atoms with Gasteiger partial charge in [-0.1, -0.05) is 0 Å². The summed E-state index contributed by atoms with van der Waals surface area (Å²) < 4.78 is 0. The molecule has 3 saturated heterocycles. The molecule has 3 aliphatic rings. The highest BCUT2D eigenvalue weighted by atomic mass is 16.2. The number of nitrogens with one attached hydrogen (secondary N) is 1. The molecule has 136 valence electrons. The molecule has 3 fully saturated rings. The molecule has 3 aliphatic heterocycles. The van der Waals surface area contributed by atoms with Crippen molar-refractivity contribution in [2.75, 3.05) is 33.2 Å². The number of hydrogen-bond donors (Lipinski definition) is 1. The van der Waals surface area contributed by atoms with Gasteiger partial charge in [0, 0.05) is 50.7 Å². The number of carbonyl (C=O) groups is 2. The van der Waals surface area contributed by atoms with E-state index in [4.69, 9.17) is 0 Å². The summed E-state index contributed by atoms with van der Waals surface area (Å²) in [6, 6.07) is 0.853. The molecule has 0 unspecified atom stereocenters. The summed E-state index contributed by atoms with van der Waals surface area (Å²) in [5, 5.41) is 3.13. The molecule has 3 heterocycles. The Morgan fingerprint density at radius 2 is 1.96 bits per heavy atom. The van der Waals surface area contributed by atoms with Crippen LogP contribution in [0.5, 0.6) is 0 Å². The quantitative estimate of drug-likeness (QED) is 0.820. The largest absolute Gasteiger partial charge is 0.353 e. The molecule has 0 aliphatic carbocycles. The maximum atomic E-state index is 12.6. The van der Waals surface area contributed by atoms with E-state index in [0.29, 0.717) is 19.0 Å². The molecule has 0 aromatic carbocycles. The van der Waals surface area contributed by atoms with Crippen molar-refractivity contribution in [2.45, 2.75) is 70.1 Å². The van der Waals surface area contributed by atoms with Crippen LogP contribution in [0.1, 0.15) is 46.0 Å². The molecule has 0 bridgehead atoms. The van der Waals surface area contributed by atoms with Gasteiger partial charge in [-0.3, -0.25) is 19.4 Å². The van der Waals surface area contributed by atoms with Crippen LogP contribution in [0.15, 0.2) is 0 Å². The number of amides is 2. The molecule has 0 aromatic rings. The average Bonchev–Trinajstić information content (AvgIpc) is 3.21. The van der Waals surface area contributed by atoms with Crippen molar-refractivity contribution in [3.8, 4) is 0 Å². The van der Waals surface area contributed by atoms with Gasteiger partial charge in [0.25, 0.3) is 0 Å². The van der Waals surface area contributed by atoms with Gasteiger partial charge in [-0.2, -0.15) is 0 Å². The molecule has 24 heavy (non-hydrogen) atoms. The topological polar surface area (TPSA) is 55.9 Å². The summed E-state index contributed by atoms with van der Waals surface area (Å²) in [6.45, 7) is 7.79. The van der Waals surface area contributed by atoms with Crippen LogP contribution in [0.4, 0.5) is 0 Å². The number of nitrogens with zero attached hydrogens (tertiary/aromatic N) is 3. The zero-order chi connectivity index (χ0) is 17.3. The van der Waals surface area contributed by atoms with Gasteiger partial charge in [0.05, 0.1) is 0 Å². The Hall–Kier alpha value is -1.14. The molecule has 0 radical (unpaired) electrons. The molecule has 0 spiro atoms. The number of likely N-dealkylation sites (tertiary alicyclic amines) is 2. The van der Waals surface area contributed by atoms with E-state index in [-0.39, 0.29) is 29.9 Å². The van der Waals surface area contributed by atoms with Crippen molar-refractivity contribution in [1.82, 2.24) is 20.0 Å². The molecular formula is C18H32N4O2. The fourth-order valence-corrected chi connectivity index (χ4v) is 4.59. The van der Waals surface area contributed by atoms with Gasteiger partial charge in [-0.15, -0.1) is 0 Å². The molecule has 1 N–H and O–H groups in total. The van der Waals surface area contributed by atoms with E-state index in [0.717, 1.165) is 45.3 Å². The Labute approximate surface area is 145 Å². The van der Waals surface area contributed by atoms with Crippen molar-refractivity contribution in [3.05, 3.63) is 0 Å². The third-order valence-corrected chi connectivity index (χ3v) is 6.10. The summed E-state index contributed by atoms with van der Waals surface area (Å²) in [4.78, 5) is 31.6. The number of hydrogen-bond acceptors (Lipinski definition) is 4. The molecule has 0 aromatic heterocycles. The lowest BCUT2D eigenvalue weighted by atomic mass is 10.0. The second-order valence-corrected chi connectivity index (χ2v) is 7.82. The van der Waals surface area contributed by atoms with Crippen LogP contribution in [-0.4, -0.2) is 83.9 Å². The molecular weight excluding hydrogens is 304 g/mol. The van der Waals surface area contributed by atoms with Crippen molar-refractivity contribution in [3.63, 3.8) is 0 Å². The minimum Gasteiger partial charge on any atom is -0.353 e. The van der Waals surface area contributed by atoms with E-state index < -0.39 is 0 Å².